The van der Waals surface area contributed by atoms with Crippen LogP contribution in [0.15, 0.2) is 39.9 Å². The molecular weight excluding hydrogens is 470 g/mol. The number of methoxy groups -OCH3 is 1. The Balaban J connectivity index is 1.13. The lowest BCUT2D eigenvalue weighted by Crippen LogP contribution is -2.54. The average molecular weight is 494 g/mol. The quantitative estimate of drug-likeness (QED) is 0.487. The van der Waals surface area contributed by atoms with Gasteiger partial charge >= 0.3 is 5.97 Å². The summed E-state index contributed by atoms with van der Waals surface area (Å²) in [6.45, 7) is 1.90. The van der Waals surface area contributed by atoms with E-state index in [0.29, 0.717) is 43.2 Å². The number of thiazole rings is 1. The lowest BCUT2D eigenvalue weighted by molar-refractivity contribution is -0.156. The first-order valence-electron chi connectivity index (χ1n) is 10.4. The second-order valence-electron chi connectivity index (χ2n) is 7.88. The summed E-state index contributed by atoms with van der Waals surface area (Å²) in [5.41, 5.74) is 0.847. The molecule has 2 aliphatic heterocycles. The van der Waals surface area contributed by atoms with Crippen LogP contribution >= 0.6 is 22.7 Å². The molecule has 0 saturated carbocycles. The number of carbonyl (C=O) groups is 1. The van der Waals surface area contributed by atoms with Crippen LogP contribution in [0.2, 0.25) is 0 Å². The van der Waals surface area contributed by atoms with E-state index >= 15 is 0 Å². The van der Waals surface area contributed by atoms with E-state index in [2.05, 4.69) is 9.88 Å². The zero-order valence-electron chi connectivity index (χ0n) is 17.5. The molecule has 0 atom stereocenters. The molecule has 0 spiro atoms. The van der Waals surface area contributed by atoms with Gasteiger partial charge in [-0.2, -0.15) is 4.31 Å². The summed E-state index contributed by atoms with van der Waals surface area (Å²) in [5, 5.41) is 2.65. The first-order valence-corrected chi connectivity index (χ1v) is 13.5. The van der Waals surface area contributed by atoms with Crippen molar-refractivity contribution in [1.29, 1.82) is 0 Å². The molecule has 2 saturated heterocycles. The van der Waals surface area contributed by atoms with Gasteiger partial charge in [0.15, 0.2) is 5.13 Å². The smallest absolute Gasteiger partial charge is 0.309 e. The lowest BCUT2D eigenvalue weighted by Gasteiger charge is -2.39. The van der Waals surface area contributed by atoms with Gasteiger partial charge in [-0.15, -0.1) is 11.3 Å². The topological polar surface area (TPSA) is 89.0 Å². The van der Waals surface area contributed by atoms with Crippen LogP contribution < -0.4 is 9.64 Å². The Morgan fingerprint density at radius 2 is 1.94 bits per heavy atom. The number of aromatic nitrogens is 1. The molecule has 0 N–H and O–H groups in total. The molecule has 8 nitrogen and oxygen atoms in total. The third-order valence-electron chi connectivity index (χ3n) is 5.87. The van der Waals surface area contributed by atoms with Gasteiger partial charge in [-0.05, 0) is 36.4 Å². The van der Waals surface area contributed by atoms with Crippen molar-refractivity contribution in [1.82, 2.24) is 9.29 Å². The number of anilines is 1. The number of para-hydroxylation sites is 1. The van der Waals surface area contributed by atoms with E-state index in [9.17, 15) is 13.2 Å². The van der Waals surface area contributed by atoms with Crippen LogP contribution in [0.3, 0.4) is 0 Å². The number of benzene rings is 1. The van der Waals surface area contributed by atoms with Crippen molar-refractivity contribution in [2.45, 2.75) is 23.2 Å². The highest BCUT2D eigenvalue weighted by Crippen LogP contribution is 2.36. The van der Waals surface area contributed by atoms with Gasteiger partial charge in [-0.3, -0.25) is 4.79 Å². The zero-order valence-corrected chi connectivity index (χ0v) is 19.9. The second-order valence-corrected chi connectivity index (χ2v) is 12.0. The molecule has 3 aromatic rings. The predicted molar refractivity (Wildman–Crippen MR) is 124 cm³/mol. The van der Waals surface area contributed by atoms with E-state index in [1.54, 1.807) is 36.0 Å². The third-order valence-corrected chi connectivity index (χ3v) is 10.2. The van der Waals surface area contributed by atoms with Crippen molar-refractivity contribution in [3.8, 4) is 5.75 Å². The number of esters is 1. The van der Waals surface area contributed by atoms with Crippen molar-refractivity contribution >= 4 is 54.0 Å². The highest BCUT2D eigenvalue weighted by Gasteiger charge is 2.37. The standard InChI is InChI=1S/C21H23N3O5S3/c1-28-16-4-2-5-17-19(16)22-21(31-17)23-12-15(13-23)29-20(25)14-7-9-24(10-8-14)32(26,27)18-6-3-11-30-18/h2-6,11,14-15H,7-10,12-13H2,1H3. The van der Waals surface area contributed by atoms with Crippen LogP contribution in [-0.2, 0) is 19.6 Å². The van der Waals surface area contributed by atoms with Crippen molar-refractivity contribution in [2.24, 2.45) is 5.92 Å². The van der Waals surface area contributed by atoms with Gasteiger partial charge in [0.1, 0.15) is 21.6 Å². The minimum atomic E-state index is -3.46. The molecule has 32 heavy (non-hydrogen) atoms. The van der Waals surface area contributed by atoms with E-state index in [0.717, 1.165) is 21.1 Å². The highest BCUT2D eigenvalue weighted by molar-refractivity contribution is 7.91. The van der Waals surface area contributed by atoms with Crippen LogP contribution in [0.1, 0.15) is 12.8 Å². The van der Waals surface area contributed by atoms with Gasteiger partial charge in [0.2, 0.25) is 0 Å². The lowest BCUT2D eigenvalue weighted by atomic mass is 9.98. The first-order chi connectivity index (χ1) is 15.5. The largest absolute Gasteiger partial charge is 0.494 e. The van der Waals surface area contributed by atoms with Gasteiger partial charge in [0.05, 0.1) is 30.8 Å². The van der Waals surface area contributed by atoms with Crippen LogP contribution in [-0.4, -0.2) is 63.1 Å². The monoisotopic (exact) mass is 493 g/mol. The van der Waals surface area contributed by atoms with Gasteiger partial charge in [0.25, 0.3) is 10.0 Å². The average Bonchev–Trinajstić information content (AvgIpc) is 3.46. The number of sulfonamides is 1. The van der Waals surface area contributed by atoms with E-state index in [1.165, 1.54) is 15.6 Å². The summed E-state index contributed by atoms with van der Waals surface area (Å²) in [4.78, 5) is 19.4. The van der Waals surface area contributed by atoms with Crippen molar-refractivity contribution in [3.05, 3.63) is 35.7 Å². The Hall–Kier alpha value is -2.21. The minimum absolute atomic E-state index is 0.163. The maximum atomic E-state index is 12.6. The number of fused-ring (bicyclic) bond motifs is 1. The molecule has 11 heteroatoms. The van der Waals surface area contributed by atoms with Crippen LogP contribution in [0.4, 0.5) is 5.13 Å². The van der Waals surface area contributed by atoms with E-state index in [4.69, 9.17) is 9.47 Å². The fourth-order valence-corrected chi connectivity index (χ4v) is 7.63. The van der Waals surface area contributed by atoms with Crippen molar-refractivity contribution in [3.63, 3.8) is 0 Å². The molecule has 1 aromatic carbocycles. The molecule has 5 rings (SSSR count). The molecule has 2 fully saturated rings. The first kappa shape index (κ1) is 21.6. The summed E-state index contributed by atoms with van der Waals surface area (Å²) >= 11 is 2.81. The summed E-state index contributed by atoms with van der Waals surface area (Å²) < 4.78 is 39.2. The SMILES string of the molecule is COc1cccc2sc(N3CC(OC(=O)C4CCN(S(=O)(=O)c5cccs5)CC4)C3)nc12. The molecule has 0 aliphatic carbocycles. The fraction of sp³-hybridized carbons (Fsp3) is 0.429. The van der Waals surface area contributed by atoms with Gasteiger partial charge in [-0.25, -0.2) is 13.4 Å². The molecule has 0 bridgehead atoms. The van der Waals surface area contributed by atoms with Gasteiger partial charge in [0, 0.05) is 13.1 Å². The number of hydrogen-bond acceptors (Lipinski definition) is 9. The summed E-state index contributed by atoms with van der Waals surface area (Å²) in [6.07, 6.45) is 0.805. The van der Waals surface area contributed by atoms with Crippen molar-refractivity contribution < 1.29 is 22.7 Å². The van der Waals surface area contributed by atoms with Crippen LogP contribution in [0, 0.1) is 5.92 Å². The Labute approximate surface area is 194 Å². The molecule has 0 unspecified atom stereocenters. The highest BCUT2D eigenvalue weighted by atomic mass is 32.2. The number of rotatable bonds is 6. The molecular formula is C21H23N3O5S3. The molecule has 2 aromatic heterocycles. The normalized spacial score (nSPS) is 18.6. The van der Waals surface area contributed by atoms with Crippen LogP contribution in [0.5, 0.6) is 5.75 Å². The summed E-state index contributed by atoms with van der Waals surface area (Å²) in [5.74, 6) is 0.264. The third kappa shape index (κ3) is 3.98. The number of nitrogens with zero attached hydrogens (tertiary/aromatic N) is 3. The van der Waals surface area contributed by atoms with Gasteiger partial charge < -0.3 is 14.4 Å². The Bertz CT molecular complexity index is 1210. The van der Waals surface area contributed by atoms with Crippen LogP contribution in [0.25, 0.3) is 10.2 Å². The Kier molecular flexibility index (Phi) is 5.82. The van der Waals surface area contributed by atoms with E-state index < -0.39 is 10.0 Å². The maximum absolute atomic E-state index is 12.6. The van der Waals surface area contributed by atoms with E-state index in [1.807, 2.05) is 18.2 Å². The molecule has 0 radical (unpaired) electrons. The van der Waals surface area contributed by atoms with Crippen molar-refractivity contribution in [2.75, 3.05) is 38.2 Å². The summed E-state index contributed by atoms with van der Waals surface area (Å²) in [6, 6.07) is 9.20. The summed E-state index contributed by atoms with van der Waals surface area (Å²) in [7, 11) is -1.83. The Morgan fingerprint density at radius 1 is 1.16 bits per heavy atom. The minimum Gasteiger partial charge on any atom is -0.494 e. The number of hydrogen-bond donors (Lipinski definition) is 0. The number of ether oxygens (including phenoxy) is 2. The molecule has 4 heterocycles. The van der Waals surface area contributed by atoms with Gasteiger partial charge in [-0.1, -0.05) is 23.5 Å². The van der Waals surface area contributed by atoms with E-state index in [-0.39, 0.29) is 18.0 Å². The number of thiophene rings is 1. The second kappa shape index (κ2) is 8.62. The maximum Gasteiger partial charge on any atom is 0.309 e. The fourth-order valence-electron chi connectivity index (χ4n) is 4.01. The Morgan fingerprint density at radius 3 is 2.62 bits per heavy atom. The number of carbonyl (C=O) groups excluding carboxylic acids is 1. The molecule has 0 amide bonds. The predicted octanol–water partition coefficient (Wildman–Crippen LogP) is 3.20. The molecule has 2 aliphatic rings. The zero-order chi connectivity index (χ0) is 22.3. The number of piperidine rings is 1. The molecule has 170 valence electrons.